The van der Waals surface area contributed by atoms with E-state index in [2.05, 4.69) is 15.5 Å². The summed E-state index contributed by atoms with van der Waals surface area (Å²) in [6.07, 6.45) is 3.51. The molecule has 1 aromatic carbocycles. The number of carbonyl (C=O) groups is 1. The summed E-state index contributed by atoms with van der Waals surface area (Å²) in [5.74, 6) is 1.27. The van der Waals surface area contributed by atoms with Crippen LogP contribution in [0.4, 0.5) is 5.82 Å². The van der Waals surface area contributed by atoms with Crippen LogP contribution in [0, 0.1) is 5.92 Å². The summed E-state index contributed by atoms with van der Waals surface area (Å²) in [6, 6.07) is 11.2. The molecule has 2 aromatic rings. The summed E-state index contributed by atoms with van der Waals surface area (Å²) < 4.78 is 5.44. The number of hydrogen-bond acceptors (Lipinski definition) is 5. The Balaban J connectivity index is 1.67. The van der Waals surface area contributed by atoms with Gasteiger partial charge in [-0.3, -0.25) is 4.79 Å². The Kier molecular flexibility index (Phi) is 3.58. The van der Waals surface area contributed by atoms with Gasteiger partial charge in [-0.15, -0.1) is 5.10 Å². The van der Waals surface area contributed by atoms with E-state index in [0.29, 0.717) is 18.1 Å². The van der Waals surface area contributed by atoms with Crippen LogP contribution >= 0.6 is 0 Å². The Bertz CT molecular complexity index is 597. The average Bonchev–Trinajstić information content (AvgIpc) is 3.32. The molecule has 1 aromatic heterocycles. The van der Waals surface area contributed by atoms with Gasteiger partial charge >= 0.3 is 5.97 Å². The molecule has 0 amide bonds. The molecule has 1 heterocycles. The molecule has 0 radical (unpaired) electrons. The van der Waals surface area contributed by atoms with Gasteiger partial charge in [0.2, 0.25) is 0 Å². The number of anilines is 1. The lowest BCUT2D eigenvalue weighted by Gasteiger charge is -2.10. The molecule has 0 bridgehead atoms. The minimum atomic E-state index is -0.128. The summed E-state index contributed by atoms with van der Waals surface area (Å²) in [6.45, 7) is 0.535. The van der Waals surface area contributed by atoms with Crippen molar-refractivity contribution in [2.45, 2.75) is 19.4 Å². The number of ether oxygens (including phenoxy) is 1. The van der Waals surface area contributed by atoms with Crippen molar-refractivity contribution in [3.63, 3.8) is 0 Å². The van der Waals surface area contributed by atoms with Crippen LogP contribution in [-0.2, 0) is 11.3 Å². The standard InChI is InChI=1S/C15H15N3O2/c19-15(11-7-8-11)20-13-5-2-1-4-12(13)10-16-14-6-3-9-17-18-14/h1-6,9,11H,7-8,10H2,(H,16,18). The molecular formula is C15H15N3O2. The highest BCUT2D eigenvalue weighted by Gasteiger charge is 2.31. The predicted molar refractivity (Wildman–Crippen MR) is 74.2 cm³/mol. The summed E-state index contributed by atoms with van der Waals surface area (Å²) in [7, 11) is 0. The molecule has 0 unspecified atom stereocenters. The Hall–Kier alpha value is -2.43. The minimum absolute atomic E-state index is 0.0935. The fraction of sp³-hybridized carbons (Fsp3) is 0.267. The molecule has 20 heavy (non-hydrogen) atoms. The van der Waals surface area contributed by atoms with Gasteiger partial charge < -0.3 is 10.1 Å². The maximum atomic E-state index is 11.7. The van der Waals surface area contributed by atoms with Gasteiger partial charge in [-0.25, -0.2) is 0 Å². The zero-order valence-electron chi connectivity index (χ0n) is 11.0. The molecule has 1 N–H and O–H groups in total. The first-order chi connectivity index (χ1) is 9.83. The molecule has 5 heteroatoms. The molecule has 102 valence electrons. The van der Waals surface area contributed by atoms with Crippen molar-refractivity contribution >= 4 is 11.8 Å². The van der Waals surface area contributed by atoms with Crippen LogP contribution < -0.4 is 10.1 Å². The third-order valence-electron chi connectivity index (χ3n) is 3.13. The lowest BCUT2D eigenvalue weighted by Crippen LogP contribution is -2.12. The number of aromatic nitrogens is 2. The summed E-state index contributed by atoms with van der Waals surface area (Å²) in [5.41, 5.74) is 0.923. The van der Waals surface area contributed by atoms with Crippen LogP contribution in [0.2, 0.25) is 0 Å². The Morgan fingerprint density at radius 1 is 1.25 bits per heavy atom. The molecule has 0 saturated heterocycles. The predicted octanol–water partition coefficient (Wildman–Crippen LogP) is 2.40. The number of rotatable bonds is 5. The van der Waals surface area contributed by atoms with Gasteiger partial charge in [0.25, 0.3) is 0 Å². The van der Waals surface area contributed by atoms with Crippen molar-refractivity contribution in [3.8, 4) is 5.75 Å². The molecule has 1 saturated carbocycles. The normalized spacial score (nSPS) is 13.8. The van der Waals surface area contributed by atoms with Gasteiger partial charge in [-0.1, -0.05) is 18.2 Å². The van der Waals surface area contributed by atoms with E-state index in [1.165, 1.54) is 0 Å². The van der Waals surface area contributed by atoms with Crippen molar-refractivity contribution in [1.82, 2.24) is 10.2 Å². The van der Waals surface area contributed by atoms with Gasteiger partial charge in [0.05, 0.1) is 5.92 Å². The lowest BCUT2D eigenvalue weighted by molar-refractivity contribution is -0.135. The van der Waals surface area contributed by atoms with Gasteiger partial charge in [-0.2, -0.15) is 5.10 Å². The van der Waals surface area contributed by atoms with E-state index < -0.39 is 0 Å². The second kappa shape index (κ2) is 5.69. The highest BCUT2D eigenvalue weighted by molar-refractivity contribution is 5.77. The van der Waals surface area contributed by atoms with Crippen LogP contribution in [-0.4, -0.2) is 16.2 Å². The fourth-order valence-corrected chi connectivity index (χ4v) is 1.84. The number of nitrogens with one attached hydrogen (secondary N) is 1. The smallest absolute Gasteiger partial charge is 0.314 e. The molecule has 3 rings (SSSR count). The molecule has 0 atom stereocenters. The second-order valence-electron chi connectivity index (χ2n) is 4.77. The van der Waals surface area contributed by atoms with Gasteiger partial charge in [-0.05, 0) is 31.0 Å². The third-order valence-corrected chi connectivity index (χ3v) is 3.13. The third kappa shape index (κ3) is 3.12. The lowest BCUT2D eigenvalue weighted by atomic mass is 10.2. The number of hydrogen-bond donors (Lipinski definition) is 1. The molecule has 5 nitrogen and oxygen atoms in total. The minimum Gasteiger partial charge on any atom is -0.426 e. The summed E-state index contributed by atoms with van der Waals surface area (Å²) in [5, 5.41) is 10.9. The maximum Gasteiger partial charge on any atom is 0.314 e. The van der Waals surface area contributed by atoms with E-state index in [-0.39, 0.29) is 11.9 Å². The molecule has 1 fully saturated rings. The fourth-order valence-electron chi connectivity index (χ4n) is 1.84. The Morgan fingerprint density at radius 3 is 2.85 bits per heavy atom. The van der Waals surface area contributed by atoms with E-state index in [4.69, 9.17) is 4.74 Å². The first-order valence-corrected chi connectivity index (χ1v) is 6.64. The monoisotopic (exact) mass is 269 g/mol. The second-order valence-corrected chi connectivity index (χ2v) is 4.77. The van der Waals surface area contributed by atoms with Crippen LogP contribution in [0.1, 0.15) is 18.4 Å². The maximum absolute atomic E-state index is 11.7. The number of benzene rings is 1. The van der Waals surface area contributed by atoms with Crippen LogP contribution in [0.3, 0.4) is 0 Å². The van der Waals surface area contributed by atoms with E-state index in [1.807, 2.05) is 36.4 Å². The van der Waals surface area contributed by atoms with Crippen molar-refractivity contribution in [2.75, 3.05) is 5.32 Å². The van der Waals surface area contributed by atoms with Crippen molar-refractivity contribution in [1.29, 1.82) is 0 Å². The highest BCUT2D eigenvalue weighted by atomic mass is 16.5. The average molecular weight is 269 g/mol. The Morgan fingerprint density at radius 2 is 2.10 bits per heavy atom. The molecule has 1 aliphatic carbocycles. The number of carbonyl (C=O) groups excluding carboxylic acids is 1. The van der Waals surface area contributed by atoms with E-state index >= 15 is 0 Å². The molecule has 0 spiro atoms. The van der Waals surface area contributed by atoms with E-state index in [1.54, 1.807) is 6.20 Å². The topological polar surface area (TPSA) is 64.1 Å². The van der Waals surface area contributed by atoms with Gasteiger partial charge in [0.15, 0.2) is 0 Å². The highest BCUT2D eigenvalue weighted by Crippen LogP contribution is 2.31. The summed E-state index contributed by atoms with van der Waals surface area (Å²) >= 11 is 0. The number of esters is 1. The number of para-hydroxylation sites is 1. The van der Waals surface area contributed by atoms with Crippen molar-refractivity contribution < 1.29 is 9.53 Å². The van der Waals surface area contributed by atoms with Gasteiger partial charge in [0, 0.05) is 18.3 Å². The molecular weight excluding hydrogens is 254 g/mol. The zero-order chi connectivity index (χ0) is 13.8. The van der Waals surface area contributed by atoms with E-state index in [9.17, 15) is 4.79 Å². The quantitative estimate of drug-likeness (QED) is 0.667. The largest absolute Gasteiger partial charge is 0.426 e. The Labute approximate surface area is 117 Å². The number of nitrogens with zero attached hydrogens (tertiary/aromatic N) is 2. The molecule has 1 aliphatic rings. The SMILES string of the molecule is O=C(Oc1ccccc1CNc1cccnn1)C1CC1. The summed E-state index contributed by atoms with van der Waals surface area (Å²) in [4.78, 5) is 11.7. The zero-order valence-corrected chi connectivity index (χ0v) is 11.0. The first-order valence-electron chi connectivity index (χ1n) is 6.64. The first kappa shape index (κ1) is 12.6. The van der Waals surface area contributed by atoms with Gasteiger partial charge in [0.1, 0.15) is 11.6 Å². The van der Waals surface area contributed by atoms with Crippen LogP contribution in [0.25, 0.3) is 0 Å². The van der Waals surface area contributed by atoms with Crippen molar-refractivity contribution in [3.05, 3.63) is 48.2 Å². The van der Waals surface area contributed by atoms with E-state index in [0.717, 1.165) is 18.4 Å². The van der Waals surface area contributed by atoms with Crippen LogP contribution in [0.5, 0.6) is 5.75 Å². The molecule has 0 aliphatic heterocycles. The van der Waals surface area contributed by atoms with Crippen LogP contribution in [0.15, 0.2) is 42.6 Å². The van der Waals surface area contributed by atoms with Crippen molar-refractivity contribution in [2.24, 2.45) is 5.92 Å².